The molecular formula is C19H29NO2. The largest absolute Gasteiger partial charge is 0.497 e. The van der Waals surface area contributed by atoms with Crippen LogP contribution >= 0.6 is 0 Å². The van der Waals surface area contributed by atoms with Crippen molar-refractivity contribution in [3.63, 3.8) is 0 Å². The van der Waals surface area contributed by atoms with Gasteiger partial charge in [-0.05, 0) is 56.5 Å². The van der Waals surface area contributed by atoms with Crippen LogP contribution in [0.4, 0.5) is 0 Å². The van der Waals surface area contributed by atoms with Gasteiger partial charge >= 0.3 is 0 Å². The summed E-state index contributed by atoms with van der Waals surface area (Å²) in [7, 11) is 1.68. The first kappa shape index (κ1) is 15.8. The normalized spacial score (nSPS) is 28.3. The highest BCUT2D eigenvalue weighted by atomic mass is 16.5. The number of ether oxygens (including phenoxy) is 1. The quantitative estimate of drug-likeness (QED) is 0.919. The van der Waals surface area contributed by atoms with E-state index in [1.54, 1.807) is 7.11 Å². The number of rotatable bonds is 4. The molecule has 1 unspecified atom stereocenters. The number of nitrogens with zero attached hydrogens (tertiary/aromatic N) is 1. The van der Waals surface area contributed by atoms with Crippen molar-refractivity contribution in [1.82, 2.24) is 4.90 Å². The summed E-state index contributed by atoms with van der Waals surface area (Å²) in [5.74, 6) is 1.23. The Bertz CT molecular complexity index is 453. The molecule has 0 aromatic heterocycles. The number of aliphatic hydroxyl groups excluding tert-OH is 1. The zero-order valence-corrected chi connectivity index (χ0v) is 13.7. The van der Waals surface area contributed by atoms with Gasteiger partial charge in [0.25, 0.3) is 0 Å². The molecule has 1 aliphatic carbocycles. The van der Waals surface area contributed by atoms with Crippen molar-refractivity contribution < 1.29 is 9.84 Å². The summed E-state index contributed by atoms with van der Waals surface area (Å²) in [6.07, 6.45) is 8.62. The van der Waals surface area contributed by atoms with Crippen LogP contribution in [0.1, 0.15) is 56.6 Å². The maximum absolute atomic E-state index is 10.9. The monoisotopic (exact) mass is 303 g/mol. The molecule has 1 saturated heterocycles. The summed E-state index contributed by atoms with van der Waals surface area (Å²) in [6.45, 7) is 2.44. The van der Waals surface area contributed by atoms with Crippen molar-refractivity contribution in [2.45, 2.75) is 57.1 Å². The predicted molar refractivity (Wildman–Crippen MR) is 89.1 cm³/mol. The van der Waals surface area contributed by atoms with Crippen LogP contribution in [0.5, 0.6) is 5.75 Å². The van der Waals surface area contributed by atoms with Crippen LogP contribution < -0.4 is 4.74 Å². The first-order chi connectivity index (χ1) is 10.8. The molecule has 0 radical (unpaired) electrons. The second kappa shape index (κ2) is 7.47. The molecule has 0 amide bonds. The van der Waals surface area contributed by atoms with E-state index >= 15 is 0 Å². The van der Waals surface area contributed by atoms with E-state index in [1.807, 2.05) is 24.3 Å². The maximum atomic E-state index is 10.9. The average molecular weight is 303 g/mol. The lowest BCUT2D eigenvalue weighted by atomic mass is 9.77. The molecule has 2 aliphatic rings. The summed E-state index contributed by atoms with van der Waals surface area (Å²) in [6, 6.07) is 8.51. The molecule has 1 aromatic carbocycles. The van der Waals surface area contributed by atoms with E-state index in [0.717, 1.165) is 17.7 Å². The molecular weight excluding hydrogens is 274 g/mol. The number of methoxy groups -OCH3 is 1. The van der Waals surface area contributed by atoms with E-state index in [4.69, 9.17) is 4.74 Å². The van der Waals surface area contributed by atoms with Gasteiger partial charge in [-0.15, -0.1) is 0 Å². The van der Waals surface area contributed by atoms with Gasteiger partial charge in [0.2, 0.25) is 0 Å². The number of hydrogen-bond donors (Lipinski definition) is 1. The average Bonchev–Trinajstić information content (AvgIpc) is 2.62. The molecule has 122 valence electrons. The Labute approximate surface area is 134 Å². The molecule has 3 atom stereocenters. The highest BCUT2D eigenvalue weighted by molar-refractivity contribution is 5.29. The Morgan fingerprint density at radius 1 is 1.00 bits per heavy atom. The highest BCUT2D eigenvalue weighted by Crippen LogP contribution is 2.38. The van der Waals surface area contributed by atoms with E-state index in [-0.39, 0.29) is 6.10 Å². The molecule has 1 aliphatic heterocycles. The number of benzene rings is 1. The number of hydrogen-bond acceptors (Lipinski definition) is 3. The lowest BCUT2D eigenvalue weighted by molar-refractivity contribution is 0.00384. The zero-order valence-electron chi connectivity index (χ0n) is 13.7. The third kappa shape index (κ3) is 3.47. The molecule has 1 saturated carbocycles. The second-order valence-corrected chi connectivity index (χ2v) is 6.83. The van der Waals surface area contributed by atoms with Gasteiger partial charge in [-0.25, -0.2) is 0 Å². The Hall–Kier alpha value is -1.06. The van der Waals surface area contributed by atoms with E-state index in [2.05, 4.69) is 4.90 Å². The van der Waals surface area contributed by atoms with Crippen LogP contribution in [-0.2, 0) is 0 Å². The van der Waals surface area contributed by atoms with Gasteiger partial charge in [0, 0.05) is 12.0 Å². The van der Waals surface area contributed by atoms with Crippen LogP contribution in [0.15, 0.2) is 24.3 Å². The van der Waals surface area contributed by atoms with Crippen molar-refractivity contribution in [3.05, 3.63) is 29.8 Å². The Balaban J connectivity index is 1.73. The molecule has 1 aromatic rings. The smallest absolute Gasteiger partial charge is 0.118 e. The molecule has 3 rings (SSSR count). The number of likely N-dealkylation sites (tertiary alicyclic amines) is 1. The fraction of sp³-hybridized carbons (Fsp3) is 0.684. The van der Waals surface area contributed by atoms with Gasteiger partial charge in [0.05, 0.1) is 13.2 Å². The summed E-state index contributed by atoms with van der Waals surface area (Å²) >= 11 is 0. The van der Waals surface area contributed by atoms with Crippen LogP contribution in [-0.4, -0.2) is 36.2 Å². The lowest BCUT2D eigenvalue weighted by Crippen LogP contribution is -2.46. The zero-order chi connectivity index (χ0) is 15.4. The van der Waals surface area contributed by atoms with Crippen LogP contribution in [0.3, 0.4) is 0 Å². The van der Waals surface area contributed by atoms with E-state index < -0.39 is 0 Å². The highest BCUT2D eigenvalue weighted by Gasteiger charge is 2.35. The van der Waals surface area contributed by atoms with E-state index in [9.17, 15) is 5.11 Å². The van der Waals surface area contributed by atoms with Crippen LogP contribution in [0.25, 0.3) is 0 Å². The molecule has 1 heterocycles. The minimum absolute atomic E-state index is 0.349. The van der Waals surface area contributed by atoms with Crippen LogP contribution in [0.2, 0.25) is 0 Å². The minimum atomic E-state index is -0.349. The Morgan fingerprint density at radius 3 is 2.36 bits per heavy atom. The molecule has 3 heteroatoms. The third-order valence-corrected chi connectivity index (χ3v) is 5.50. The van der Waals surface area contributed by atoms with Crippen molar-refractivity contribution in [2.24, 2.45) is 5.92 Å². The second-order valence-electron chi connectivity index (χ2n) is 6.83. The fourth-order valence-electron chi connectivity index (χ4n) is 4.26. The van der Waals surface area contributed by atoms with Gasteiger partial charge in [-0.2, -0.15) is 0 Å². The standard InChI is InChI=1S/C19H29NO2/c1-22-16-11-9-15(10-12-16)19(21)17-7-3-4-8-18(17)20-13-5-2-6-14-20/h9-12,17-19,21H,2-8,13-14H2,1H3/t17?,18-,19+/m0/s1. The molecule has 1 N–H and O–H groups in total. The summed E-state index contributed by atoms with van der Waals surface area (Å²) in [4.78, 5) is 2.65. The lowest BCUT2D eigenvalue weighted by Gasteiger charge is -2.43. The van der Waals surface area contributed by atoms with E-state index in [1.165, 1.54) is 51.6 Å². The molecule has 0 spiro atoms. The van der Waals surface area contributed by atoms with Crippen molar-refractivity contribution in [1.29, 1.82) is 0 Å². The fourth-order valence-corrected chi connectivity index (χ4v) is 4.26. The summed E-state index contributed by atoms with van der Waals surface area (Å²) < 4.78 is 5.22. The topological polar surface area (TPSA) is 32.7 Å². The number of piperidine rings is 1. The summed E-state index contributed by atoms with van der Waals surface area (Å²) in [5, 5.41) is 10.9. The van der Waals surface area contributed by atoms with Crippen LogP contribution in [0, 0.1) is 5.92 Å². The number of aliphatic hydroxyl groups is 1. The van der Waals surface area contributed by atoms with Gasteiger partial charge in [0.15, 0.2) is 0 Å². The SMILES string of the molecule is COc1ccc([C@@H](O)C2CCCC[C@@H]2N2CCCCC2)cc1. The van der Waals surface area contributed by atoms with Gasteiger partial charge in [-0.3, -0.25) is 0 Å². The summed E-state index contributed by atoms with van der Waals surface area (Å²) in [5.41, 5.74) is 1.04. The van der Waals surface area contributed by atoms with Gasteiger partial charge in [-0.1, -0.05) is 31.4 Å². The van der Waals surface area contributed by atoms with Crippen molar-refractivity contribution >= 4 is 0 Å². The predicted octanol–water partition coefficient (Wildman–Crippen LogP) is 3.77. The van der Waals surface area contributed by atoms with E-state index in [0.29, 0.717) is 12.0 Å². The molecule has 3 nitrogen and oxygen atoms in total. The Kier molecular flexibility index (Phi) is 5.37. The first-order valence-electron chi connectivity index (χ1n) is 8.85. The maximum Gasteiger partial charge on any atom is 0.118 e. The molecule has 2 fully saturated rings. The van der Waals surface area contributed by atoms with Crippen molar-refractivity contribution in [3.8, 4) is 5.75 Å². The molecule has 0 bridgehead atoms. The minimum Gasteiger partial charge on any atom is -0.497 e. The Morgan fingerprint density at radius 2 is 1.68 bits per heavy atom. The first-order valence-corrected chi connectivity index (χ1v) is 8.85. The molecule has 22 heavy (non-hydrogen) atoms. The van der Waals surface area contributed by atoms with Crippen molar-refractivity contribution in [2.75, 3.05) is 20.2 Å². The van der Waals surface area contributed by atoms with Gasteiger partial charge < -0.3 is 14.7 Å². The third-order valence-electron chi connectivity index (χ3n) is 5.50. The van der Waals surface area contributed by atoms with Gasteiger partial charge in [0.1, 0.15) is 5.75 Å².